The van der Waals surface area contributed by atoms with E-state index in [1.807, 2.05) is 47.8 Å². The van der Waals surface area contributed by atoms with Crippen molar-refractivity contribution in [2.75, 3.05) is 5.43 Å². The van der Waals surface area contributed by atoms with Crippen LogP contribution in [0.15, 0.2) is 83.4 Å². The van der Waals surface area contributed by atoms with Gasteiger partial charge in [0.05, 0.1) is 11.9 Å². The van der Waals surface area contributed by atoms with Crippen LogP contribution in [0, 0.1) is 11.3 Å². The average molecular weight is 397 g/mol. The molecular weight excluding hydrogens is 382 g/mol. The van der Waals surface area contributed by atoms with Crippen LogP contribution in [0.1, 0.15) is 11.1 Å². The highest BCUT2D eigenvalue weighted by Gasteiger charge is 2.05. The smallest absolute Gasteiger partial charge is 0.237 e. The van der Waals surface area contributed by atoms with E-state index in [1.54, 1.807) is 36.7 Å². The molecule has 140 valence electrons. The second kappa shape index (κ2) is 8.78. The van der Waals surface area contributed by atoms with Gasteiger partial charge in [0, 0.05) is 17.1 Å². The van der Waals surface area contributed by atoms with Gasteiger partial charge >= 0.3 is 0 Å². The molecule has 0 aliphatic heterocycles. The largest absolute Gasteiger partial charge is 0.438 e. The number of hydrazone groups is 1. The molecule has 0 aliphatic rings. The Morgan fingerprint density at radius 3 is 2.66 bits per heavy atom. The number of pyridine rings is 1. The first-order valence-corrected chi connectivity index (χ1v) is 9.63. The number of rotatable bonds is 6. The fraction of sp³-hybridized carbons (Fsp3) is 0. The first kappa shape index (κ1) is 18.3. The van der Waals surface area contributed by atoms with Gasteiger partial charge in [-0.1, -0.05) is 30.3 Å². The summed E-state index contributed by atoms with van der Waals surface area (Å²) < 4.78 is 5.67. The van der Waals surface area contributed by atoms with Gasteiger partial charge in [0.25, 0.3) is 0 Å². The molecule has 0 amide bonds. The number of benzene rings is 2. The zero-order chi connectivity index (χ0) is 19.9. The van der Waals surface area contributed by atoms with Gasteiger partial charge < -0.3 is 4.74 Å². The average Bonchev–Trinajstić information content (AvgIpc) is 3.25. The molecule has 0 atom stereocenters. The number of hydrogen-bond acceptors (Lipinski definition) is 7. The molecule has 1 N–H and O–H groups in total. The summed E-state index contributed by atoms with van der Waals surface area (Å²) in [7, 11) is 0. The number of aromatic nitrogens is 2. The Morgan fingerprint density at radius 2 is 1.86 bits per heavy atom. The third-order valence-corrected chi connectivity index (χ3v) is 4.68. The summed E-state index contributed by atoms with van der Waals surface area (Å²) in [6, 6.07) is 22.8. The van der Waals surface area contributed by atoms with E-state index in [-0.39, 0.29) is 5.88 Å². The van der Waals surface area contributed by atoms with E-state index in [0.29, 0.717) is 11.3 Å². The zero-order valence-electron chi connectivity index (χ0n) is 15.2. The molecule has 4 rings (SSSR count). The van der Waals surface area contributed by atoms with Crippen molar-refractivity contribution in [1.82, 2.24) is 9.97 Å². The molecule has 4 aromatic rings. The summed E-state index contributed by atoms with van der Waals surface area (Å²) in [5.41, 5.74) is 6.23. The second-order valence-electron chi connectivity index (χ2n) is 5.91. The normalized spacial score (nSPS) is 10.6. The maximum Gasteiger partial charge on any atom is 0.237 e. The number of thiazole rings is 1. The number of ether oxygens (including phenoxy) is 1. The van der Waals surface area contributed by atoms with Gasteiger partial charge in [-0.25, -0.2) is 9.97 Å². The lowest BCUT2D eigenvalue weighted by Gasteiger charge is -2.05. The Labute approximate surface area is 171 Å². The van der Waals surface area contributed by atoms with Crippen LogP contribution in [0.25, 0.3) is 11.3 Å². The molecule has 7 heteroatoms. The first-order chi connectivity index (χ1) is 14.3. The predicted octanol–water partition coefficient (Wildman–Crippen LogP) is 5.32. The maximum absolute atomic E-state index is 9.10. The van der Waals surface area contributed by atoms with Crippen molar-refractivity contribution in [1.29, 1.82) is 5.26 Å². The summed E-state index contributed by atoms with van der Waals surface area (Å²) in [6.07, 6.45) is 3.29. The molecule has 0 bridgehead atoms. The Bertz CT molecular complexity index is 1160. The lowest BCUT2D eigenvalue weighted by Crippen LogP contribution is -1.92. The van der Waals surface area contributed by atoms with Gasteiger partial charge in [-0.3, -0.25) is 5.43 Å². The quantitative estimate of drug-likeness (QED) is 0.352. The minimum atomic E-state index is 0.288. The summed E-state index contributed by atoms with van der Waals surface area (Å²) in [6.45, 7) is 0. The highest BCUT2D eigenvalue weighted by molar-refractivity contribution is 7.14. The lowest BCUT2D eigenvalue weighted by atomic mass is 10.2. The summed E-state index contributed by atoms with van der Waals surface area (Å²) >= 11 is 1.50. The highest BCUT2D eigenvalue weighted by atomic mass is 32.1. The van der Waals surface area contributed by atoms with Crippen LogP contribution in [-0.4, -0.2) is 16.2 Å². The van der Waals surface area contributed by atoms with Crippen LogP contribution >= 0.6 is 11.3 Å². The van der Waals surface area contributed by atoms with Crippen molar-refractivity contribution < 1.29 is 4.74 Å². The SMILES string of the molecule is N#Cc1cccnc1Oc1ccc(C=NNc2nc(-c3ccccc3)cs2)cc1. The van der Waals surface area contributed by atoms with Gasteiger partial charge in [-0.15, -0.1) is 11.3 Å². The van der Waals surface area contributed by atoms with E-state index in [9.17, 15) is 0 Å². The van der Waals surface area contributed by atoms with E-state index in [1.165, 1.54) is 11.3 Å². The molecule has 2 aromatic heterocycles. The Morgan fingerprint density at radius 1 is 1.03 bits per heavy atom. The van der Waals surface area contributed by atoms with Crippen molar-refractivity contribution in [3.05, 3.63) is 89.4 Å². The van der Waals surface area contributed by atoms with E-state index in [4.69, 9.17) is 10.00 Å². The molecule has 0 radical (unpaired) electrons. The Hall–Kier alpha value is -4.02. The molecule has 0 aliphatic carbocycles. The van der Waals surface area contributed by atoms with Crippen LogP contribution in [-0.2, 0) is 0 Å². The fourth-order valence-electron chi connectivity index (χ4n) is 2.52. The molecule has 6 nitrogen and oxygen atoms in total. The molecule has 29 heavy (non-hydrogen) atoms. The molecule has 0 saturated carbocycles. The van der Waals surface area contributed by atoms with Crippen LogP contribution in [0.5, 0.6) is 11.6 Å². The van der Waals surface area contributed by atoms with Crippen LogP contribution < -0.4 is 10.2 Å². The lowest BCUT2D eigenvalue weighted by molar-refractivity contribution is 0.461. The summed E-state index contributed by atoms with van der Waals surface area (Å²) in [4.78, 5) is 8.62. The number of anilines is 1. The first-order valence-electron chi connectivity index (χ1n) is 8.75. The van der Waals surface area contributed by atoms with Crippen molar-refractivity contribution in [3.8, 4) is 29.0 Å². The summed E-state index contributed by atoms with van der Waals surface area (Å²) in [5.74, 6) is 0.883. The van der Waals surface area contributed by atoms with Crippen molar-refractivity contribution in [2.45, 2.75) is 0 Å². The molecule has 0 fully saturated rings. The van der Waals surface area contributed by atoms with E-state index in [0.717, 1.165) is 22.0 Å². The van der Waals surface area contributed by atoms with E-state index >= 15 is 0 Å². The number of nitriles is 1. The van der Waals surface area contributed by atoms with E-state index in [2.05, 4.69) is 26.6 Å². The molecule has 2 aromatic carbocycles. The molecular formula is C22H15N5OS. The minimum absolute atomic E-state index is 0.288. The zero-order valence-corrected chi connectivity index (χ0v) is 16.0. The minimum Gasteiger partial charge on any atom is -0.438 e. The van der Waals surface area contributed by atoms with Crippen LogP contribution in [0.4, 0.5) is 5.13 Å². The van der Waals surface area contributed by atoms with Gasteiger partial charge in [0.2, 0.25) is 11.0 Å². The van der Waals surface area contributed by atoms with E-state index < -0.39 is 0 Å². The van der Waals surface area contributed by atoms with Crippen molar-refractivity contribution in [2.24, 2.45) is 5.10 Å². The van der Waals surface area contributed by atoms with Crippen LogP contribution in [0.3, 0.4) is 0 Å². The molecule has 2 heterocycles. The van der Waals surface area contributed by atoms with Gasteiger partial charge in [-0.2, -0.15) is 10.4 Å². The number of nitrogens with one attached hydrogen (secondary N) is 1. The standard InChI is InChI=1S/C22H15N5OS/c23-13-18-7-4-12-24-21(18)28-19-10-8-16(9-11-19)14-25-27-22-26-20(15-29-22)17-5-2-1-3-6-17/h1-12,14-15H,(H,26,27). The maximum atomic E-state index is 9.10. The fourth-order valence-corrected chi connectivity index (χ4v) is 3.19. The van der Waals surface area contributed by atoms with Crippen molar-refractivity contribution in [3.63, 3.8) is 0 Å². The van der Waals surface area contributed by atoms with Crippen LogP contribution in [0.2, 0.25) is 0 Å². The number of nitrogens with zero attached hydrogens (tertiary/aromatic N) is 4. The third kappa shape index (κ3) is 4.64. The predicted molar refractivity (Wildman–Crippen MR) is 114 cm³/mol. The topological polar surface area (TPSA) is 83.2 Å². The Balaban J connectivity index is 1.37. The second-order valence-corrected chi connectivity index (χ2v) is 6.77. The third-order valence-electron chi connectivity index (χ3n) is 3.93. The summed E-state index contributed by atoms with van der Waals surface area (Å²) in [5, 5.41) is 16.0. The number of hydrogen-bond donors (Lipinski definition) is 1. The van der Waals surface area contributed by atoms with Gasteiger partial charge in [0.15, 0.2) is 0 Å². The highest BCUT2D eigenvalue weighted by Crippen LogP contribution is 2.25. The monoisotopic (exact) mass is 397 g/mol. The molecule has 0 spiro atoms. The molecule has 0 unspecified atom stereocenters. The molecule has 0 saturated heterocycles. The van der Waals surface area contributed by atoms with Gasteiger partial charge in [0.1, 0.15) is 17.4 Å². The van der Waals surface area contributed by atoms with Gasteiger partial charge in [-0.05, 0) is 42.0 Å². The van der Waals surface area contributed by atoms with Crippen molar-refractivity contribution >= 4 is 22.7 Å². The Kier molecular flexibility index (Phi) is 5.55.